The van der Waals surface area contributed by atoms with Crippen LogP contribution in [0.15, 0.2) is 58.1 Å². The maximum Gasteiger partial charge on any atom is 0.287 e. The molecule has 2 saturated heterocycles. The van der Waals surface area contributed by atoms with Gasteiger partial charge in [-0.05, 0) is 37.0 Å². The Kier molecular flexibility index (Phi) is 7.27. The lowest BCUT2D eigenvalue weighted by atomic mass is 10.0. The summed E-state index contributed by atoms with van der Waals surface area (Å²) in [6.45, 7) is 3.55. The van der Waals surface area contributed by atoms with Gasteiger partial charge in [0.25, 0.3) is 5.91 Å². The molecule has 0 saturated carbocycles. The van der Waals surface area contributed by atoms with Crippen LogP contribution in [0.3, 0.4) is 0 Å². The van der Waals surface area contributed by atoms with Crippen LogP contribution >= 0.6 is 0 Å². The number of nitrogens with one attached hydrogen (secondary N) is 1. The first-order chi connectivity index (χ1) is 19.0. The van der Waals surface area contributed by atoms with Crippen molar-refractivity contribution in [1.82, 2.24) is 14.5 Å². The van der Waals surface area contributed by atoms with Gasteiger partial charge in [0.15, 0.2) is 35.3 Å². The van der Waals surface area contributed by atoms with E-state index in [4.69, 9.17) is 9.15 Å². The zero-order valence-electron chi connectivity index (χ0n) is 22.3. The highest BCUT2D eigenvalue weighted by Gasteiger charge is 2.54. The predicted molar refractivity (Wildman–Crippen MR) is 142 cm³/mol. The molecule has 3 aromatic rings. The van der Waals surface area contributed by atoms with Crippen molar-refractivity contribution >= 4 is 38.6 Å². The van der Waals surface area contributed by atoms with Crippen molar-refractivity contribution in [3.8, 4) is 5.75 Å². The molecule has 3 unspecified atom stereocenters. The van der Waals surface area contributed by atoms with E-state index in [1.54, 1.807) is 24.3 Å². The Balaban J connectivity index is 1.37. The normalized spacial score (nSPS) is 20.2. The lowest BCUT2D eigenvalue weighted by Gasteiger charge is -2.29. The number of furan rings is 1. The van der Waals surface area contributed by atoms with Crippen molar-refractivity contribution < 1.29 is 36.7 Å². The number of Topliss-reactive ketones (excluding diaryl/α,β-unsaturated/α-hetero) is 1. The number of likely N-dealkylation sites (tertiary alicyclic amines) is 1. The number of amides is 2. The summed E-state index contributed by atoms with van der Waals surface area (Å²) in [5.74, 6) is -0.971. The maximum absolute atomic E-state index is 13.8. The molecule has 1 N–H and O–H groups in total. The zero-order valence-corrected chi connectivity index (χ0v) is 23.1. The molecule has 0 aliphatic carbocycles. The highest BCUT2D eigenvalue weighted by atomic mass is 32.2. The molecule has 5 rings (SSSR count). The number of sulfonamides is 1. The van der Waals surface area contributed by atoms with Gasteiger partial charge in [0, 0.05) is 18.0 Å². The summed E-state index contributed by atoms with van der Waals surface area (Å²) in [5.41, 5.74) is 0.406. The quantitative estimate of drug-likeness (QED) is 0.316. The number of hydrogen-bond donors (Lipinski definition) is 1. The molecule has 3 atom stereocenters. The van der Waals surface area contributed by atoms with Crippen LogP contribution in [0.4, 0.5) is 0 Å². The second kappa shape index (κ2) is 10.5. The standard InChI is InChI=1S/C27H30N4O8S/c1-16(2)12-19(28-26(33)23-13-17-6-4-8-22(38-3)25(17)39-23)27(34)30-11-9-20-24(30)21(32)15-31(20)40(36,37)18-7-5-10-29(35)14-18/h4-8,10,13-14,16,19-20,24H,9,11-12,15H2,1-3H3,(H,28,33). The Morgan fingerprint density at radius 3 is 2.73 bits per heavy atom. The molecule has 212 valence electrons. The molecular weight excluding hydrogens is 540 g/mol. The Morgan fingerprint density at radius 2 is 2.02 bits per heavy atom. The van der Waals surface area contributed by atoms with Gasteiger partial charge in [0.2, 0.25) is 15.9 Å². The van der Waals surface area contributed by atoms with Crippen LogP contribution in [0.5, 0.6) is 5.75 Å². The van der Waals surface area contributed by atoms with Gasteiger partial charge in [-0.25, -0.2) is 8.42 Å². The van der Waals surface area contributed by atoms with Crippen molar-refractivity contribution in [2.24, 2.45) is 5.92 Å². The summed E-state index contributed by atoms with van der Waals surface area (Å²) >= 11 is 0. The fraction of sp³-hybridized carbons (Fsp3) is 0.407. The third-order valence-corrected chi connectivity index (χ3v) is 9.13. The van der Waals surface area contributed by atoms with Crippen LogP contribution in [0.1, 0.15) is 37.2 Å². The second-order valence-electron chi connectivity index (χ2n) is 10.4. The molecule has 40 heavy (non-hydrogen) atoms. The topological polar surface area (TPSA) is 153 Å². The molecule has 0 bridgehead atoms. The summed E-state index contributed by atoms with van der Waals surface area (Å²) in [5, 5.41) is 15.1. The third-order valence-electron chi connectivity index (χ3n) is 7.28. The number of ketones is 1. The van der Waals surface area contributed by atoms with Crippen LogP contribution in [-0.4, -0.2) is 73.5 Å². The van der Waals surface area contributed by atoms with E-state index in [2.05, 4.69) is 5.32 Å². The monoisotopic (exact) mass is 570 g/mol. The molecular formula is C27H30N4O8S. The Hall–Kier alpha value is -3.97. The highest BCUT2D eigenvalue weighted by molar-refractivity contribution is 7.89. The number of benzene rings is 1. The van der Waals surface area contributed by atoms with Crippen molar-refractivity contribution in [1.29, 1.82) is 0 Å². The van der Waals surface area contributed by atoms with Gasteiger partial charge in [0.1, 0.15) is 17.0 Å². The molecule has 4 heterocycles. The van der Waals surface area contributed by atoms with Gasteiger partial charge in [-0.3, -0.25) is 14.4 Å². The van der Waals surface area contributed by atoms with E-state index in [0.717, 1.165) is 16.7 Å². The van der Waals surface area contributed by atoms with E-state index in [1.165, 1.54) is 24.1 Å². The lowest BCUT2D eigenvalue weighted by molar-refractivity contribution is -0.607. The molecule has 0 radical (unpaired) electrons. The van der Waals surface area contributed by atoms with Crippen LogP contribution in [-0.2, 0) is 19.6 Å². The van der Waals surface area contributed by atoms with E-state index in [-0.39, 0.29) is 29.5 Å². The van der Waals surface area contributed by atoms with Gasteiger partial charge in [-0.15, -0.1) is 0 Å². The number of rotatable bonds is 8. The second-order valence-corrected chi connectivity index (χ2v) is 12.3. The Labute approximate surface area is 231 Å². The summed E-state index contributed by atoms with van der Waals surface area (Å²) in [7, 11) is -2.65. The molecule has 2 fully saturated rings. The lowest BCUT2D eigenvalue weighted by Crippen LogP contribution is -2.53. The molecule has 2 aromatic heterocycles. The number of pyridine rings is 1. The van der Waals surface area contributed by atoms with Crippen molar-refractivity contribution in [2.75, 3.05) is 20.2 Å². The Morgan fingerprint density at radius 1 is 1.25 bits per heavy atom. The number of fused-ring (bicyclic) bond motifs is 2. The van der Waals surface area contributed by atoms with Crippen LogP contribution in [0, 0.1) is 11.1 Å². The van der Waals surface area contributed by atoms with Crippen LogP contribution < -0.4 is 14.8 Å². The maximum atomic E-state index is 13.8. The molecule has 13 heteroatoms. The largest absolute Gasteiger partial charge is 0.619 e. The van der Waals surface area contributed by atoms with Crippen molar-refractivity contribution in [2.45, 2.75) is 49.7 Å². The number of hydrogen-bond acceptors (Lipinski definition) is 8. The van der Waals surface area contributed by atoms with Gasteiger partial charge >= 0.3 is 0 Å². The van der Waals surface area contributed by atoms with Crippen LogP contribution in [0.2, 0.25) is 0 Å². The van der Waals surface area contributed by atoms with E-state index in [9.17, 15) is 28.0 Å². The summed E-state index contributed by atoms with van der Waals surface area (Å²) in [6.07, 6.45) is 2.65. The van der Waals surface area contributed by atoms with E-state index >= 15 is 0 Å². The van der Waals surface area contributed by atoms with E-state index in [0.29, 0.717) is 27.9 Å². The number of ether oxygens (including phenoxy) is 1. The molecule has 2 amide bonds. The van der Waals surface area contributed by atoms with Gasteiger partial charge in [-0.1, -0.05) is 26.0 Å². The number of carbonyl (C=O) groups is 3. The fourth-order valence-corrected chi connectivity index (χ4v) is 7.13. The molecule has 12 nitrogen and oxygen atoms in total. The van der Waals surface area contributed by atoms with Gasteiger partial charge < -0.3 is 24.6 Å². The van der Waals surface area contributed by atoms with Crippen molar-refractivity contribution in [3.63, 3.8) is 0 Å². The zero-order chi connectivity index (χ0) is 28.8. The van der Waals surface area contributed by atoms with Gasteiger partial charge in [0.05, 0.1) is 19.7 Å². The number of carbonyl (C=O) groups excluding carboxylic acids is 3. The summed E-state index contributed by atoms with van der Waals surface area (Å²) in [4.78, 5) is 41.2. The minimum Gasteiger partial charge on any atom is -0.619 e. The first-order valence-corrected chi connectivity index (χ1v) is 14.4. The molecule has 0 spiro atoms. The number of nitrogens with zero attached hydrogens (tertiary/aromatic N) is 3. The minimum atomic E-state index is -4.15. The van der Waals surface area contributed by atoms with E-state index in [1.807, 2.05) is 13.8 Å². The fourth-order valence-electron chi connectivity index (χ4n) is 5.49. The minimum absolute atomic E-state index is 0.00744. The summed E-state index contributed by atoms with van der Waals surface area (Å²) in [6, 6.07) is 6.72. The molecule has 2 aliphatic rings. The Bertz CT molecular complexity index is 1580. The van der Waals surface area contributed by atoms with Gasteiger partial charge in [-0.2, -0.15) is 9.04 Å². The number of para-hydroxylation sites is 1. The first kappa shape index (κ1) is 27.6. The summed E-state index contributed by atoms with van der Waals surface area (Å²) < 4.78 is 39.1. The smallest absolute Gasteiger partial charge is 0.287 e. The van der Waals surface area contributed by atoms with Crippen molar-refractivity contribution in [3.05, 3.63) is 59.8 Å². The average molecular weight is 571 g/mol. The third kappa shape index (κ3) is 4.90. The predicted octanol–water partition coefficient (Wildman–Crippen LogP) is 1.46. The number of methoxy groups -OCH3 is 1. The average Bonchev–Trinajstić information content (AvgIpc) is 3.62. The number of aromatic nitrogens is 1. The first-order valence-electron chi connectivity index (χ1n) is 12.9. The molecule has 1 aromatic carbocycles. The van der Waals surface area contributed by atoms with E-state index < -0.39 is 52.3 Å². The highest BCUT2D eigenvalue weighted by Crippen LogP contribution is 2.34. The SMILES string of the molecule is COc1cccc2cc(C(=O)NC(CC(C)C)C(=O)N3CCC4C3C(=O)CN4S(=O)(=O)c3ccc[n+]([O-])c3)oc12. The van der Waals surface area contributed by atoms with Crippen LogP contribution in [0.25, 0.3) is 11.0 Å². The molecule has 2 aliphatic heterocycles.